The standard InChI is InChI=1S/C19H13FN4O3/c20-13-3-1-12(2-4-13)9-24-8-7-23-10-14(15-5-6-21-11-22-15)17(25)18(26)16(23)19(24)27/h1-8,10-11,26H,9H2. The molecule has 0 aliphatic heterocycles. The smallest absolute Gasteiger partial charge is 0.279 e. The molecule has 0 amide bonds. The van der Waals surface area contributed by atoms with E-state index in [1.165, 1.54) is 46.0 Å². The summed E-state index contributed by atoms with van der Waals surface area (Å²) in [6.45, 7) is 0.177. The third-order valence-electron chi connectivity index (χ3n) is 4.21. The average molecular weight is 364 g/mol. The van der Waals surface area contributed by atoms with Gasteiger partial charge in [0.2, 0.25) is 5.43 Å². The molecule has 0 saturated carbocycles. The summed E-state index contributed by atoms with van der Waals surface area (Å²) in [5.41, 5.74) is -0.154. The normalized spacial score (nSPS) is 11.0. The van der Waals surface area contributed by atoms with E-state index in [1.807, 2.05) is 0 Å². The van der Waals surface area contributed by atoms with Crippen LogP contribution >= 0.6 is 0 Å². The minimum absolute atomic E-state index is 0.137. The summed E-state index contributed by atoms with van der Waals surface area (Å²) in [6.07, 6.45) is 7.32. The van der Waals surface area contributed by atoms with Gasteiger partial charge in [-0.2, -0.15) is 0 Å². The van der Waals surface area contributed by atoms with E-state index in [0.29, 0.717) is 11.3 Å². The number of aromatic nitrogens is 4. The zero-order chi connectivity index (χ0) is 19.0. The second-order valence-electron chi connectivity index (χ2n) is 5.93. The molecule has 0 bridgehead atoms. The van der Waals surface area contributed by atoms with Crippen LogP contribution in [-0.4, -0.2) is 24.0 Å². The highest BCUT2D eigenvalue weighted by atomic mass is 19.1. The van der Waals surface area contributed by atoms with Gasteiger partial charge in [0.1, 0.15) is 12.1 Å². The number of halogens is 1. The van der Waals surface area contributed by atoms with Crippen LogP contribution in [0.15, 0.2) is 71.0 Å². The summed E-state index contributed by atoms with van der Waals surface area (Å²) in [6, 6.07) is 7.28. The van der Waals surface area contributed by atoms with Gasteiger partial charge in [-0.3, -0.25) is 9.59 Å². The van der Waals surface area contributed by atoms with Gasteiger partial charge in [0.05, 0.1) is 17.8 Å². The molecular formula is C19H13FN4O3. The summed E-state index contributed by atoms with van der Waals surface area (Å²) in [5, 5.41) is 10.4. The SMILES string of the molecule is O=c1c(-c2ccncn2)cn2ccn(Cc3ccc(F)cc3)c(=O)c2c1O. The van der Waals surface area contributed by atoms with Crippen LogP contribution in [0, 0.1) is 5.82 Å². The molecule has 4 rings (SSSR count). The molecule has 0 spiro atoms. The van der Waals surface area contributed by atoms with Gasteiger partial charge in [-0.05, 0) is 23.8 Å². The van der Waals surface area contributed by atoms with Gasteiger partial charge in [0, 0.05) is 24.8 Å². The van der Waals surface area contributed by atoms with Gasteiger partial charge in [0.15, 0.2) is 11.3 Å². The fourth-order valence-electron chi connectivity index (χ4n) is 2.85. The topological polar surface area (TPSA) is 89.5 Å². The second kappa shape index (κ2) is 6.49. The molecule has 134 valence electrons. The lowest BCUT2D eigenvalue weighted by Crippen LogP contribution is -2.24. The van der Waals surface area contributed by atoms with Crippen molar-refractivity contribution in [3.63, 3.8) is 0 Å². The van der Waals surface area contributed by atoms with Crippen LogP contribution in [0.4, 0.5) is 4.39 Å². The number of nitrogens with zero attached hydrogens (tertiary/aromatic N) is 4. The van der Waals surface area contributed by atoms with Crippen LogP contribution in [0.3, 0.4) is 0 Å². The molecule has 0 saturated heterocycles. The third kappa shape index (κ3) is 2.97. The molecule has 0 unspecified atom stereocenters. The van der Waals surface area contributed by atoms with Crippen LogP contribution < -0.4 is 11.0 Å². The minimum atomic E-state index is -0.690. The first kappa shape index (κ1) is 16.6. The van der Waals surface area contributed by atoms with Gasteiger partial charge in [-0.15, -0.1) is 0 Å². The summed E-state index contributed by atoms with van der Waals surface area (Å²) >= 11 is 0. The fraction of sp³-hybridized carbons (Fsp3) is 0.0526. The summed E-state index contributed by atoms with van der Waals surface area (Å²) in [7, 11) is 0. The Morgan fingerprint density at radius 2 is 1.85 bits per heavy atom. The Bertz CT molecular complexity index is 1250. The molecule has 1 N–H and O–H groups in total. The van der Waals surface area contributed by atoms with Crippen LogP contribution in [0.1, 0.15) is 5.56 Å². The Morgan fingerprint density at radius 1 is 1.07 bits per heavy atom. The number of hydrogen-bond acceptors (Lipinski definition) is 5. The van der Waals surface area contributed by atoms with E-state index in [9.17, 15) is 19.1 Å². The molecule has 4 aromatic rings. The first-order chi connectivity index (χ1) is 13.0. The lowest BCUT2D eigenvalue weighted by Gasteiger charge is -2.11. The summed E-state index contributed by atoms with van der Waals surface area (Å²) in [5.74, 6) is -1.02. The van der Waals surface area contributed by atoms with Crippen molar-refractivity contribution in [1.82, 2.24) is 18.9 Å². The molecule has 0 aliphatic rings. The Labute approximate surface area is 151 Å². The van der Waals surface area contributed by atoms with Crippen molar-refractivity contribution in [2.24, 2.45) is 0 Å². The first-order valence-corrected chi connectivity index (χ1v) is 8.03. The highest BCUT2D eigenvalue weighted by Gasteiger charge is 2.16. The molecule has 3 aromatic heterocycles. The van der Waals surface area contributed by atoms with Crippen molar-refractivity contribution in [2.75, 3.05) is 0 Å². The van der Waals surface area contributed by atoms with Gasteiger partial charge in [0.25, 0.3) is 5.56 Å². The molecule has 0 radical (unpaired) electrons. The van der Waals surface area contributed by atoms with Gasteiger partial charge < -0.3 is 14.1 Å². The third-order valence-corrected chi connectivity index (χ3v) is 4.21. The Balaban J connectivity index is 1.86. The molecule has 7 nitrogen and oxygen atoms in total. The maximum absolute atomic E-state index is 13.0. The minimum Gasteiger partial charge on any atom is -0.503 e. The summed E-state index contributed by atoms with van der Waals surface area (Å²) in [4.78, 5) is 33.1. The van der Waals surface area contributed by atoms with Gasteiger partial charge in [-0.1, -0.05) is 12.1 Å². The monoisotopic (exact) mass is 364 g/mol. The van der Waals surface area contributed by atoms with Gasteiger partial charge >= 0.3 is 0 Å². The maximum atomic E-state index is 13.0. The van der Waals surface area contributed by atoms with E-state index in [0.717, 1.165) is 0 Å². The number of benzene rings is 1. The average Bonchev–Trinajstić information content (AvgIpc) is 2.69. The molecular weight excluding hydrogens is 351 g/mol. The van der Waals surface area contributed by atoms with Crippen molar-refractivity contribution in [3.8, 4) is 17.0 Å². The van der Waals surface area contributed by atoms with Crippen molar-refractivity contribution >= 4 is 5.52 Å². The molecule has 27 heavy (non-hydrogen) atoms. The molecule has 0 fully saturated rings. The first-order valence-electron chi connectivity index (χ1n) is 8.03. The number of aromatic hydroxyl groups is 1. The van der Waals surface area contributed by atoms with Crippen molar-refractivity contribution in [3.05, 3.63) is 93.4 Å². The van der Waals surface area contributed by atoms with Crippen LogP contribution in [0.25, 0.3) is 16.8 Å². The lowest BCUT2D eigenvalue weighted by molar-refractivity contribution is 0.472. The molecule has 3 heterocycles. The van der Waals surface area contributed by atoms with Crippen LogP contribution in [0.5, 0.6) is 5.75 Å². The quantitative estimate of drug-likeness (QED) is 0.599. The van der Waals surface area contributed by atoms with E-state index >= 15 is 0 Å². The Morgan fingerprint density at radius 3 is 2.56 bits per heavy atom. The van der Waals surface area contributed by atoms with Crippen molar-refractivity contribution in [1.29, 1.82) is 0 Å². The number of fused-ring (bicyclic) bond motifs is 1. The highest BCUT2D eigenvalue weighted by Crippen LogP contribution is 2.18. The number of rotatable bonds is 3. The number of pyridine rings is 1. The Kier molecular flexibility index (Phi) is 4.00. The van der Waals surface area contributed by atoms with E-state index in [-0.39, 0.29) is 23.4 Å². The van der Waals surface area contributed by atoms with E-state index in [4.69, 9.17) is 0 Å². The molecule has 1 aromatic carbocycles. The van der Waals surface area contributed by atoms with Crippen molar-refractivity contribution < 1.29 is 9.50 Å². The second-order valence-corrected chi connectivity index (χ2v) is 5.93. The van der Waals surface area contributed by atoms with Crippen molar-refractivity contribution in [2.45, 2.75) is 6.54 Å². The zero-order valence-corrected chi connectivity index (χ0v) is 13.9. The fourth-order valence-corrected chi connectivity index (χ4v) is 2.85. The van der Waals surface area contributed by atoms with E-state index in [2.05, 4.69) is 9.97 Å². The lowest BCUT2D eigenvalue weighted by atomic mass is 10.1. The molecule has 8 heteroatoms. The number of hydrogen-bond donors (Lipinski definition) is 1. The molecule has 0 atom stereocenters. The highest BCUT2D eigenvalue weighted by molar-refractivity contribution is 5.67. The predicted molar refractivity (Wildman–Crippen MR) is 96.1 cm³/mol. The van der Waals surface area contributed by atoms with Crippen LogP contribution in [-0.2, 0) is 6.54 Å². The van der Waals surface area contributed by atoms with E-state index in [1.54, 1.807) is 24.4 Å². The molecule has 0 aliphatic carbocycles. The Hall–Kier alpha value is -3.81. The zero-order valence-electron chi connectivity index (χ0n) is 13.9. The predicted octanol–water partition coefficient (Wildman–Crippen LogP) is 1.81. The largest absolute Gasteiger partial charge is 0.503 e. The van der Waals surface area contributed by atoms with E-state index < -0.39 is 16.7 Å². The maximum Gasteiger partial charge on any atom is 0.279 e. The van der Waals surface area contributed by atoms with Gasteiger partial charge in [-0.25, -0.2) is 14.4 Å². The summed E-state index contributed by atoms with van der Waals surface area (Å²) < 4.78 is 15.8. The van der Waals surface area contributed by atoms with Crippen LogP contribution in [0.2, 0.25) is 0 Å².